The average molecular weight is 312 g/mol. The van der Waals surface area contributed by atoms with Crippen LogP contribution >= 0.6 is 0 Å². The molecule has 1 fully saturated rings. The Hall–Kier alpha value is -2.63. The van der Waals surface area contributed by atoms with Gasteiger partial charge < -0.3 is 15.3 Å². The zero-order valence-electron chi connectivity index (χ0n) is 12.9. The van der Waals surface area contributed by atoms with Gasteiger partial charge in [0.2, 0.25) is 5.95 Å². The Bertz CT molecular complexity index is 655. The zero-order chi connectivity index (χ0) is 16.1. The molecule has 0 saturated carbocycles. The van der Waals surface area contributed by atoms with Crippen molar-refractivity contribution >= 4 is 17.7 Å². The van der Waals surface area contributed by atoms with Crippen molar-refractivity contribution in [3.8, 4) is 0 Å². The van der Waals surface area contributed by atoms with E-state index < -0.39 is 5.97 Å². The molecule has 0 radical (unpaired) electrons. The average Bonchev–Trinajstić information content (AvgIpc) is 2.61. The zero-order valence-corrected chi connectivity index (χ0v) is 12.9. The molecule has 2 N–H and O–H groups in total. The predicted molar refractivity (Wildman–Crippen MR) is 88.4 cm³/mol. The Balaban J connectivity index is 1.60. The third kappa shape index (κ3) is 3.97. The van der Waals surface area contributed by atoms with Crippen LogP contribution in [-0.2, 0) is 11.3 Å². The lowest BCUT2D eigenvalue weighted by molar-refractivity contribution is -0.142. The van der Waals surface area contributed by atoms with Crippen molar-refractivity contribution in [1.29, 1.82) is 0 Å². The van der Waals surface area contributed by atoms with Crippen LogP contribution in [0.3, 0.4) is 0 Å². The summed E-state index contributed by atoms with van der Waals surface area (Å²) in [6, 6.07) is 12.0. The van der Waals surface area contributed by atoms with E-state index in [0.29, 0.717) is 38.4 Å². The molecule has 0 bridgehead atoms. The van der Waals surface area contributed by atoms with E-state index in [1.54, 1.807) is 6.20 Å². The van der Waals surface area contributed by atoms with Gasteiger partial charge in [-0.05, 0) is 24.5 Å². The van der Waals surface area contributed by atoms with E-state index in [0.717, 1.165) is 5.82 Å². The normalized spacial score (nSPS) is 15.4. The lowest BCUT2D eigenvalue weighted by atomic mass is 9.97. The third-order valence-corrected chi connectivity index (χ3v) is 4.10. The second-order valence-corrected chi connectivity index (χ2v) is 5.68. The summed E-state index contributed by atoms with van der Waals surface area (Å²) in [5.41, 5.74) is 1.17. The highest BCUT2D eigenvalue weighted by molar-refractivity contribution is 5.70. The minimum absolute atomic E-state index is 0.233. The molecule has 2 heterocycles. The first kappa shape index (κ1) is 15.3. The van der Waals surface area contributed by atoms with Gasteiger partial charge in [-0.3, -0.25) is 4.79 Å². The first-order valence-corrected chi connectivity index (χ1v) is 7.81. The van der Waals surface area contributed by atoms with E-state index in [2.05, 4.69) is 20.2 Å². The van der Waals surface area contributed by atoms with Crippen LogP contribution in [0.5, 0.6) is 0 Å². The molecule has 0 amide bonds. The summed E-state index contributed by atoms with van der Waals surface area (Å²) in [6.07, 6.45) is 3.05. The summed E-state index contributed by atoms with van der Waals surface area (Å²) in [5.74, 6) is 0.507. The summed E-state index contributed by atoms with van der Waals surface area (Å²) in [7, 11) is 0. The first-order valence-electron chi connectivity index (χ1n) is 7.81. The molecule has 6 nitrogen and oxygen atoms in total. The van der Waals surface area contributed by atoms with E-state index in [1.165, 1.54) is 5.56 Å². The number of hydrogen-bond donors (Lipinski definition) is 2. The van der Waals surface area contributed by atoms with Crippen molar-refractivity contribution < 1.29 is 9.90 Å². The second kappa shape index (κ2) is 7.09. The van der Waals surface area contributed by atoms with Gasteiger partial charge in [0.15, 0.2) is 0 Å². The van der Waals surface area contributed by atoms with Crippen LogP contribution in [0.4, 0.5) is 11.8 Å². The van der Waals surface area contributed by atoms with Crippen LogP contribution < -0.4 is 10.2 Å². The SMILES string of the molecule is O=C(O)C1CCN(c2ccnc(NCc3ccccc3)n2)CC1. The van der Waals surface area contributed by atoms with Gasteiger partial charge in [0.25, 0.3) is 0 Å². The van der Waals surface area contributed by atoms with E-state index in [-0.39, 0.29) is 5.92 Å². The fraction of sp³-hybridized carbons (Fsp3) is 0.353. The minimum Gasteiger partial charge on any atom is -0.481 e. The molecule has 0 spiro atoms. The Morgan fingerprint density at radius 2 is 1.96 bits per heavy atom. The van der Waals surface area contributed by atoms with Gasteiger partial charge >= 0.3 is 5.97 Å². The molecule has 1 aromatic carbocycles. The van der Waals surface area contributed by atoms with Gasteiger partial charge in [0, 0.05) is 25.8 Å². The molecule has 23 heavy (non-hydrogen) atoms. The highest BCUT2D eigenvalue weighted by Crippen LogP contribution is 2.22. The molecule has 0 aliphatic carbocycles. The van der Waals surface area contributed by atoms with Gasteiger partial charge in [-0.1, -0.05) is 30.3 Å². The van der Waals surface area contributed by atoms with Crippen LogP contribution in [0.2, 0.25) is 0 Å². The predicted octanol–water partition coefficient (Wildman–Crippen LogP) is 2.39. The van der Waals surface area contributed by atoms with Gasteiger partial charge in [0.05, 0.1) is 5.92 Å². The summed E-state index contributed by atoms with van der Waals surface area (Å²) in [4.78, 5) is 21.9. The van der Waals surface area contributed by atoms with Crippen molar-refractivity contribution in [1.82, 2.24) is 9.97 Å². The lowest BCUT2D eigenvalue weighted by Crippen LogP contribution is -2.36. The molecule has 2 aromatic rings. The second-order valence-electron chi connectivity index (χ2n) is 5.68. The Kier molecular flexibility index (Phi) is 4.71. The standard InChI is InChI=1S/C17H20N4O2/c22-16(23)14-7-10-21(11-8-14)15-6-9-18-17(20-15)19-12-13-4-2-1-3-5-13/h1-6,9,14H,7-8,10-12H2,(H,22,23)(H,18,19,20). The molecule has 120 valence electrons. The van der Waals surface area contributed by atoms with Crippen molar-refractivity contribution in [2.75, 3.05) is 23.3 Å². The molecule has 6 heteroatoms. The maximum Gasteiger partial charge on any atom is 0.306 e. The molecular formula is C17H20N4O2. The third-order valence-electron chi connectivity index (χ3n) is 4.10. The van der Waals surface area contributed by atoms with E-state index in [9.17, 15) is 4.79 Å². The fourth-order valence-electron chi connectivity index (χ4n) is 2.74. The molecule has 1 aliphatic rings. The lowest BCUT2D eigenvalue weighted by Gasteiger charge is -2.31. The van der Waals surface area contributed by atoms with Crippen LogP contribution in [0, 0.1) is 5.92 Å². The summed E-state index contributed by atoms with van der Waals surface area (Å²) in [5, 5.41) is 12.3. The summed E-state index contributed by atoms with van der Waals surface area (Å²) in [6.45, 7) is 2.10. The van der Waals surface area contributed by atoms with Crippen LogP contribution in [0.1, 0.15) is 18.4 Å². The molecule has 1 aromatic heterocycles. The van der Waals surface area contributed by atoms with Crippen molar-refractivity contribution in [2.45, 2.75) is 19.4 Å². The molecule has 1 aliphatic heterocycles. The molecule has 0 atom stereocenters. The first-order chi connectivity index (χ1) is 11.2. The molecular weight excluding hydrogens is 292 g/mol. The van der Waals surface area contributed by atoms with E-state index >= 15 is 0 Å². The number of benzene rings is 1. The maximum atomic E-state index is 11.0. The van der Waals surface area contributed by atoms with Crippen molar-refractivity contribution in [2.24, 2.45) is 5.92 Å². The molecule has 0 unspecified atom stereocenters. The number of aliphatic carboxylic acids is 1. The number of carbonyl (C=O) groups is 1. The van der Waals surface area contributed by atoms with Crippen LogP contribution in [-0.4, -0.2) is 34.1 Å². The largest absolute Gasteiger partial charge is 0.481 e. The van der Waals surface area contributed by atoms with E-state index in [4.69, 9.17) is 5.11 Å². The number of hydrogen-bond acceptors (Lipinski definition) is 5. The smallest absolute Gasteiger partial charge is 0.306 e. The topological polar surface area (TPSA) is 78.3 Å². The van der Waals surface area contributed by atoms with Crippen LogP contribution in [0.15, 0.2) is 42.6 Å². The van der Waals surface area contributed by atoms with Crippen LogP contribution in [0.25, 0.3) is 0 Å². The number of piperidine rings is 1. The maximum absolute atomic E-state index is 11.0. The number of aromatic nitrogens is 2. The Morgan fingerprint density at radius 3 is 2.65 bits per heavy atom. The van der Waals surface area contributed by atoms with Gasteiger partial charge in [-0.2, -0.15) is 4.98 Å². The summed E-state index contributed by atoms with van der Waals surface area (Å²) >= 11 is 0. The van der Waals surface area contributed by atoms with Gasteiger partial charge in [0.1, 0.15) is 5.82 Å². The number of rotatable bonds is 5. The quantitative estimate of drug-likeness (QED) is 0.882. The Labute approximate surface area is 135 Å². The molecule has 1 saturated heterocycles. The Morgan fingerprint density at radius 1 is 1.22 bits per heavy atom. The van der Waals surface area contributed by atoms with Gasteiger partial charge in [-0.15, -0.1) is 0 Å². The number of carboxylic acid groups (broad SMARTS) is 1. The van der Waals surface area contributed by atoms with Crippen molar-refractivity contribution in [3.63, 3.8) is 0 Å². The van der Waals surface area contributed by atoms with Crippen molar-refractivity contribution in [3.05, 3.63) is 48.2 Å². The monoisotopic (exact) mass is 312 g/mol. The minimum atomic E-state index is -0.697. The number of nitrogens with one attached hydrogen (secondary N) is 1. The highest BCUT2D eigenvalue weighted by atomic mass is 16.4. The fourth-order valence-corrected chi connectivity index (χ4v) is 2.74. The number of carboxylic acids is 1. The number of nitrogens with zero attached hydrogens (tertiary/aromatic N) is 3. The number of anilines is 2. The molecule has 3 rings (SSSR count). The highest BCUT2D eigenvalue weighted by Gasteiger charge is 2.25. The van der Waals surface area contributed by atoms with Gasteiger partial charge in [-0.25, -0.2) is 4.98 Å². The summed E-state index contributed by atoms with van der Waals surface area (Å²) < 4.78 is 0. The van der Waals surface area contributed by atoms with E-state index in [1.807, 2.05) is 36.4 Å².